The van der Waals surface area contributed by atoms with Crippen molar-refractivity contribution >= 4 is 16.0 Å². The van der Waals surface area contributed by atoms with Crippen molar-refractivity contribution in [2.75, 3.05) is 0 Å². The number of nitrogens with zero attached hydrogens (tertiary/aromatic N) is 2. The summed E-state index contributed by atoms with van der Waals surface area (Å²) in [4.78, 5) is 10.8. The second-order valence-electron chi connectivity index (χ2n) is 4.78. The molecule has 0 fully saturated rings. The lowest BCUT2D eigenvalue weighted by atomic mass is 10.1. The molecule has 0 saturated heterocycles. The number of carboxylic acids is 1. The largest absolute Gasteiger partial charge is 0.481 e. The molecule has 1 aromatic rings. The molecule has 0 amide bonds. The third-order valence-corrected chi connectivity index (χ3v) is 4.66. The van der Waals surface area contributed by atoms with Gasteiger partial charge in [0, 0.05) is 19.2 Å². The molecule has 2 atom stereocenters. The standard InChI is InChI=1S/C11H12F3N3O4S/c1-17-9(5-8(15-17)11(12,13)14)22(20,21)16-7-3-2-6(4-7)10(18)19/h2-3,5-7,16H,4H2,1H3,(H,18,19). The predicted octanol–water partition coefficient (Wildman–Crippen LogP) is 0.747. The smallest absolute Gasteiger partial charge is 0.435 e. The number of nitrogens with one attached hydrogen (secondary N) is 1. The van der Waals surface area contributed by atoms with Crippen molar-refractivity contribution in [1.29, 1.82) is 0 Å². The number of alkyl halides is 3. The van der Waals surface area contributed by atoms with E-state index in [4.69, 9.17) is 5.11 Å². The van der Waals surface area contributed by atoms with Crippen LogP contribution in [0.5, 0.6) is 0 Å². The van der Waals surface area contributed by atoms with Gasteiger partial charge in [-0.2, -0.15) is 18.3 Å². The molecule has 11 heteroatoms. The lowest BCUT2D eigenvalue weighted by molar-refractivity contribution is -0.141. The molecule has 1 heterocycles. The number of sulfonamides is 1. The number of carbonyl (C=O) groups is 1. The normalized spacial score (nSPS) is 22.2. The van der Waals surface area contributed by atoms with Gasteiger partial charge < -0.3 is 5.11 Å². The average molecular weight is 339 g/mol. The lowest BCUT2D eigenvalue weighted by Crippen LogP contribution is -2.34. The monoisotopic (exact) mass is 339 g/mol. The van der Waals surface area contributed by atoms with Gasteiger partial charge in [0.2, 0.25) is 0 Å². The zero-order valence-electron chi connectivity index (χ0n) is 11.2. The molecule has 2 unspecified atom stereocenters. The average Bonchev–Trinajstić information content (AvgIpc) is 2.94. The van der Waals surface area contributed by atoms with Crippen LogP contribution in [0.3, 0.4) is 0 Å². The molecule has 1 aromatic heterocycles. The summed E-state index contributed by atoms with van der Waals surface area (Å²) in [5, 5.41) is 11.3. The van der Waals surface area contributed by atoms with Crippen LogP contribution >= 0.6 is 0 Å². The summed E-state index contributed by atoms with van der Waals surface area (Å²) >= 11 is 0. The molecular formula is C11H12F3N3O4S. The van der Waals surface area contributed by atoms with E-state index in [1.807, 2.05) is 0 Å². The molecule has 1 aliphatic rings. The number of halogens is 3. The van der Waals surface area contributed by atoms with Gasteiger partial charge in [-0.15, -0.1) is 0 Å². The molecular weight excluding hydrogens is 327 g/mol. The fourth-order valence-corrected chi connectivity index (χ4v) is 3.42. The van der Waals surface area contributed by atoms with E-state index in [0.717, 1.165) is 7.05 Å². The third kappa shape index (κ3) is 3.30. The third-order valence-electron chi connectivity index (χ3n) is 3.11. The minimum Gasteiger partial charge on any atom is -0.481 e. The van der Waals surface area contributed by atoms with Gasteiger partial charge in [-0.05, 0) is 6.42 Å². The van der Waals surface area contributed by atoms with Crippen LogP contribution in [0.25, 0.3) is 0 Å². The van der Waals surface area contributed by atoms with Crippen LogP contribution in [0.4, 0.5) is 13.2 Å². The first-order chi connectivity index (χ1) is 10.0. The second-order valence-corrected chi connectivity index (χ2v) is 6.44. The summed E-state index contributed by atoms with van der Waals surface area (Å²) in [5.74, 6) is -1.93. The Morgan fingerprint density at radius 1 is 1.45 bits per heavy atom. The predicted molar refractivity (Wildman–Crippen MR) is 67.2 cm³/mol. The highest BCUT2D eigenvalue weighted by atomic mass is 32.2. The lowest BCUT2D eigenvalue weighted by Gasteiger charge is -2.12. The van der Waals surface area contributed by atoms with E-state index in [1.54, 1.807) is 0 Å². The Bertz CT molecular complexity index is 723. The van der Waals surface area contributed by atoms with Crippen LogP contribution in [0.1, 0.15) is 12.1 Å². The highest BCUT2D eigenvalue weighted by Gasteiger charge is 2.37. The Labute approximate surface area is 123 Å². The maximum absolute atomic E-state index is 12.5. The van der Waals surface area contributed by atoms with Crippen LogP contribution in [-0.2, 0) is 28.0 Å². The molecule has 0 bridgehead atoms. The van der Waals surface area contributed by atoms with E-state index in [-0.39, 0.29) is 6.42 Å². The SMILES string of the molecule is Cn1nc(C(F)(F)F)cc1S(=O)(=O)NC1C=CC(C(=O)O)C1. The minimum absolute atomic E-state index is 0.00145. The Morgan fingerprint density at radius 3 is 2.55 bits per heavy atom. The molecule has 0 saturated carbocycles. The maximum Gasteiger partial charge on any atom is 0.435 e. The number of hydrogen-bond acceptors (Lipinski definition) is 4. The number of aliphatic carboxylic acids is 1. The van der Waals surface area contributed by atoms with Crippen molar-refractivity contribution in [3.05, 3.63) is 23.9 Å². The van der Waals surface area contributed by atoms with Gasteiger partial charge in [0.25, 0.3) is 10.0 Å². The zero-order chi connectivity index (χ0) is 16.7. The van der Waals surface area contributed by atoms with Gasteiger partial charge in [0.1, 0.15) is 0 Å². The van der Waals surface area contributed by atoms with Crippen molar-refractivity contribution in [2.45, 2.75) is 23.7 Å². The Morgan fingerprint density at radius 2 is 2.09 bits per heavy atom. The van der Waals surface area contributed by atoms with E-state index in [2.05, 4.69) is 9.82 Å². The molecule has 2 N–H and O–H groups in total. The van der Waals surface area contributed by atoms with Gasteiger partial charge in [0.15, 0.2) is 10.7 Å². The molecule has 0 radical (unpaired) electrons. The molecule has 1 aliphatic carbocycles. The van der Waals surface area contributed by atoms with Crippen molar-refractivity contribution in [2.24, 2.45) is 13.0 Å². The van der Waals surface area contributed by atoms with E-state index >= 15 is 0 Å². The molecule has 7 nitrogen and oxygen atoms in total. The number of aryl methyl sites for hydroxylation is 1. The fourth-order valence-electron chi connectivity index (χ4n) is 2.07. The van der Waals surface area contributed by atoms with Gasteiger partial charge in [-0.25, -0.2) is 13.1 Å². The number of hydrogen-bond donors (Lipinski definition) is 2. The van der Waals surface area contributed by atoms with Gasteiger partial charge in [-0.3, -0.25) is 9.48 Å². The van der Waals surface area contributed by atoms with Crippen LogP contribution in [-0.4, -0.2) is 35.3 Å². The first kappa shape index (κ1) is 16.5. The highest BCUT2D eigenvalue weighted by Crippen LogP contribution is 2.29. The van der Waals surface area contributed by atoms with E-state index in [1.165, 1.54) is 12.2 Å². The van der Waals surface area contributed by atoms with Crippen molar-refractivity contribution in [3.8, 4) is 0 Å². The van der Waals surface area contributed by atoms with Crippen LogP contribution < -0.4 is 4.72 Å². The molecule has 22 heavy (non-hydrogen) atoms. The number of aromatic nitrogens is 2. The van der Waals surface area contributed by atoms with Crippen LogP contribution in [0.15, 0.2) is 23.2 Å². The molecule has 0 aliphatic heterocycles. The summed E-state index contributed by atoms with van der Waals surface area (Å²) in [6, 6.07) is -0.370. The van der Waals surface area contributed by atoms with Gasteiger partial charge >= 0.3 is 12.1 Å². The number of rotatable bonds is 4. The number of carboxylic acid groups (broad SMARTS) is 1. The quantitative estimate of drug-likeness (QED) is 0.788. The van der Waals surface area contributed by atoms with E-state index in [0.29, 0.717) is 10.7 Å². The van der Waals surface area contributed by atoms with E-state index < -0.39 is 44.8 Å². The summed E-state index contributed by atoms with van der Waals surface area (Å²) in [5.41, 5.74) is -1.32. The topological polar surface area (TPSA) is 101 Å². The Balaban J connectivity index is 2.20. The van der Waals surface area contributed by atoms with E-state index in [9.17, 15) is 26.4 Å². The zero-order valence-corrected chi connectivity index (χ0v) is 12.0. The summed E-state index contributed by atoms with van der Waals surface area (Å²) in [7, 11) is -3.18. The first-order valence-corrected chi connectivity index (χ1v) is 7.54. The fraction of sp³-hybridized carbons (Fsp3) is 0.455. The Kier molecular flexibility index (Phi) is 4.04. The maximum atomic E-state index is 12.5. The molecule has 0 aromatic carbocycles. The molecule has 122 valence electrons. The van der Waals surface area contributed by atoms with Crippen LogP contribution in [0.2, 0.25) is 0 Å². The summed E-state index contributed by atoms with van der Waals surface area (Å²) in [6.45, 7) is 0. The first-order valence-electron chi connectivity index (χ1n) is 6.05. The van der Waals surface area contributed by atoms with Crippen molar-refractivity contribution in [3.63, 3.8) is 0 Å². The highest BCUT2D eigenvalue weighted by molar-refractivity contribution is 7.89. The van der Waals surface area contributed by atoms with Crippen LogP contribution in [0, 0.1) is 5.92 Å². The van der Waals surface area contributed by atoms with Crippen molar-refractivity contribution in [1.82, 2.24) is 14.5 Å². The van der Waals surface area contributed by atoms with Gasteiger partial charge in [0.05, 0.1) is 5.92 Å². The minimum atomic E-state index is -4.76. The Hall–Kier alpha value is -1.88. The van der Waals surface area contributed by atoms with Gasteiger partial charge in [-0.1, -0.05) is 12.2 Å². The molecule has 2 rings (SSSR count). The summed E-state index contributed by atoms with van der Waals surface area (Å²) < 4.78 is 64.6. The second kappa shape index (κ2) is 5.39. The summed E-state index contributed by atoms with van der Waals surface area (Å²) in [6.07, 6.45) is -2.07. The van der Waals surface area contributed by atoms with Crippen molar-refractivity contribution < 1.29 is 31.5 Å². The molecule has 0 spiro atoms.